The molecular weight excluding hydrogens is 427 g/mol. The van der Waals surface area contributed by atoms with E-state index in [1.165, 1.54) is 19.4 Å². The molecule has 0 saturated carbocycles. The molecule has 5 nitrogen and oxygen atoms in total. The predicted octanol–water partition coefficient (Wildman–Crippen LogP) is 2.77. The van der Waals surface area contributed by atoms with E-state index >= 15 is 0 Å². The van der Waals surface area contributed by atoms with Gasteiger partial charge in [0.05, 0.1) is 12.6 Å². The molecule has 1 aliphatic heterocycles. The van der Waals surface area contributed by atoms with Gasteiger partial charge in [-0.25, -0.2) is 0 Å². The van der Waals surface area contributed by atoms with Gasteiger partial charge < -0.3 is 15.7 Å². The average Bonchev–Trinajstić information content (AvgIpc) is 3.08. The Bertz CT molecular complexity index is 497. The first-order chi connectivity index (χ1) is 11.7. The van der Waals surface area contributed by atoms with Gasteiger partial charge in [-0.3, -0.25) is 9.89 Å². The summed E-state index contributed by atoms with van der Waals surface area (Å²) in [5.74, 6) is 0.848. The Morgan fingerprint density at radius 2 is 2.04 bits per heavy atom. The molecule has 142 valence electrons. The summed E-state index contributed by atoms with van der Waals surface area (Å²) in [6.07, 6.45) is 2.75. The van der Waals surface area contributed by atoms with Crippen LogP contribution in [-0.4, -0.2) is 54.7 Å². The molecule has 3 N–H and O–H groups in total. The van der Waals surface area contributed by atoms with Gasteiger partial charge in [-0.05, 0) is 44.8 Å². The Balaban J connectivity index is 0.00000312. The molecule has 1 aromatic rings. The number of hydrogen-bond acceptors (Lipinski definition) is 3. The fraction of sp³-hybridized carbons (Fsp3) is 0.632. The number of likely N-dealkylation sites (tertiary alicyclic amines) is 1. The van der Waals surface area contributed by atoms with Crippen LogP contribution in [0, 0.1) is 0 Å². The Kier molecular flexibility index (Phi) is 11.1. The van der Waals surface area contributed by atoms with Crippen LogP contribution in [0.1, 0.15) is 44.8 Å². The third-order valence-electron chi connectivity index (χ3n) is 4.60. The lowest BCUT2D eigenvalue weighted by Gasteiger charge is -2.21. The van der Waals surface area contributed by atoms with E-state index < -0.39 is 6.10 Å². The molecule has 25 heavy (non-hydrogen) atoms. The minimum atomic E-state index is -0.438. The topological polar surface area (TPSA) is 59.9 Å². The molecular formula is C19H33IN4O. The van der Waals surface area contributed by atoms with Gasteiger partial charge in [0.25, 0.3) is 0 Å². The van der Waals surface area contributed by atoms with Gasteiger partial charge in [-0.2, -0.15) is 0 Å². The molecule has 0 aromatic heterocycles. The minimum absolute atomic E-state index is 0. The van der Waals surface area contributed by atoms with Crippen molar-refractivity contribution in [1.82, 2.24) is 15.5 Å². The maximum Gasteiger partial charge on any atom is 0.191 e. The van der Waals surface area contributed by atoms with Crippen LogP contribution in [0.15, 0.2) is 35.3 Å². The summed E-state index contributed by atoms with van der Waals surface area (Å²) in [6, 6.07) is 10.4. The van der Waals surface area contributed by atoms with Crippen molar-refractivity contribution in [2.24, 2.45) is 4.99 Å². The van der Waals surface area contributed by atoms with E-state index in [9.17, 15) is 5.11 Å². The van der Waals surface area contributed by atoms with Crippen LogP contribution < -0.4 is 10.6 Å². The van der Waals surface area contributed by atoms with Gasteiger partial charge in [0.15, 0.2) is 5.96 Å². The molecule has 1 heterocycles. The van der Waals surface area contributed by atoms with E-state index in [0.29, 0.717) is 19.0 Å². The van der Waals surface area contributed by atoms with Crippen molar-refractivity contribution in [3.8, 4) is 0 Å². The standard InChI is InChI=1S/C19H32N4O.HI/c1-3-20-19(22-15-17-11-8-14-23(17)4-2)21-13-12-18(24)16-9-6-5-7-10-16;/h5-7,9-10,17-18,24H,3-4,8,11-15H2,1-2H3,(H2,20,21,22);1H. The molecule has 0 bridgehead atoms. The highest BCUT2D eigenvalue weighted by Crippen LogP contribution is 2.17. The molecule has 2 unspecified atom stereocenters. The Hall–Kier alpha value is -0.860. The van der Waals surface area contributed by atoms with Crippen molar-refractivity contribution in [2.45, 2.75) is 45.3 Å². The van der Waals surface area contributed by atoms with Gasteiger partial charge in [-0.15, -0.1) is 24.0 Å². The molecule has 1 saturated heterocycles. The van der Waals surface area contributed by atoms with E-state index in [-0.39, 0.29) is 24.0 Å². The number of guanidine groups is 1. The average molecular weight is 460 g/mol. The lowest BCUT2D eigenvalue weighted by molar-refractivity contribution is 0.168. The molecule has 6 heteroatoms. The number of benzene rings is 1. The number of nitrogens with one attached hydrogen (secondary N) is 2. The van der Waals surface area contributed by atoms with Crippen LogP contribution in [-0.2, 0) is 0 Å². The summed E-state index contributed by atoms with van der Waals surface area (Å²) in [5, 5.41) is 16.9. The lowest BCUT2D eigenvalue weighted by atomic mass is 10.1. The first-order valence-corrected chi connectivity index (χ1v) is 9.23. The summed E-state index contributed by atoms with van der Waals surface area (Å²) < 4.78 is 0. The molecule has 1 aliphatic rings. The van der Waals surface area contributed by atoms with Crippen molar-refractivity contribution >= 4 is 29.9 Å². The van der Waals surface area contributed by atoms with E-state index in [2.05, 4.69) is 29.4 Å². The van der Waals surface area contributed by atoms with Gasteiger partial charge in [0.1, 0.15) is 0 Å². The molecule has 1 aromatic carbocycles. The van der Waals surface area contributed by atoms with Crippen LogP contribution in [0.3, 0.4) is 0 Å². The predicted molar refractivity (Wildman–Crippen MR) is 116 cm³/mol. The van der Waals surface area contributed by atoms with Crippen LogP contribution in [0.2, 0.25) is 0 Å². The number of hydrogen-bond donors (Lipinski definition) is 3. The van der Waals surface area contributed by atoms with Crippen molar-refractivity contribution in [1.29, 1.82) is 0 Å². The van der Waals surface area contributed by atoms with Gasteiger partial charge >= 0.3 is 0 Å². The minimum Gasteiger partial charge on any atom is -0.388 e. The van der Waals surface area contributed by atoms with Crippen LogP contribution >= 0.6 is 24.0 Å². The number of likely N-dealkylation sites (N-methyl/N-ethyl adjacent to an activating group) is 1. The molecule has 0 radical (unpaired) electrons. The number of aliphatic hydroxyl groups excluding tert-OH is 1. The summed E-state index contributed by atoms with van der Waals surface area (Å²) in [6.45, 7) is 8.97. The molecule has 0 spiro atoms. The second kappa shape index (κ2) is 12.5. The fourth-order valence-electron chi connectivity index (χ4n) is 3.23. The maximum absolute atomic E-state index is 10.2. The Morgan fingerprint density at radius 1 is 1.28 bits per heavy atom. The SMILES string of the molecule is CCNC(=NCC1CCCN1CC)NCCC(O)c1ccccc1.I. The zero-order valence-corrected chi connectivity index (χ0v) is 17.8. The normalized spacial score (nSPS) is 19.3. The number of rotatable bonds is 8. The second-order valence-corrected chi connectivity index (χ2v) is 6.29. The highest BCUT2D eigenvalue weighted by molar-refractivity contribution is 14.0. The molecule has 0 amide bonds. The van der Waals surface area contributed by atoms with E-state index in [4.69, 9.17) is 4.99 Å². The van der Waals surface area contributed by atoms with Gasteiger partial charge in [-0.1, -0.05) is 37.3 Å². The summed E-state index contributed by atoms with van der Waals surface area (Å²) in [7, 11) is 0. The number of aliphatic imine (C=N–C) groups is 1. The third-order valence-corrected chi connectivity index (χ3v) is 4.60. The summed E-state index contributed by atoms with van der Waals surface area (Å²) in [5.41, 5.74) is 0.964. The second-order valence-electron chi connectivity index (χ2n) is 6.29. The largest absolute Gasteiger partial charge is 0.388 e. The zero-order chi connectivity index (χ0) is 17.2. The van der Waals surface area contributed by atoms with Crippen molar-refractivity contribution < 1.29 is 5.11 Å². The Labute approximate surface area is 169 Å². The van der Waals surface area contributed by atoms with Crippen LogP contribution in [0.4, 0.5) is 0 Å². The molecule has 2 atom stereocenters. The lowest BCUT2D eigenvalue weighted by Crippen LogP contribution is -2.39. The zero-order valence-electron chi connectivity index (χ0n) is 15.4. The Morgan fingerprint density at radius 3 is 2.72 bits per heavy atom. The van der Waals surface area contributed by atoms with Crippen molar-refractivity contribution in [2.75, 3.05) is 32.7 Å². The molecule has 2 rings (SSSR count). The van der Waals surface area contributed by atoms with Crippen molar-refractivity contribution in [3.63, 3.8) is 0 Å². The quantitative estimate of drug-likeness (QED) is 0.317. The first-order valence-electron chi connectivity index (χ1n) is 9.23. The van der Waals surface area contributed by atoms with E-state index in [1.807, 2.05) is 30.3 Å². The summed E-state index contributed by atoms with van der Waals surface area (Å²) >= 11 is 0. The van der Waals surface area contributed by atoms with Crippen LogP contribution in [0.5, 0.6) is 0 Å². The van der Waals surface area contributed by atoms with E-state index in [1.54, 1.807) is 0 Å². The molecule has 0 aliphatic carbocycles. The van der Waals surface area contributed by atoms with Crippen LogP contribution in [0.25, 0.3) is 0 Å². The smallest absolute Gasteiger partial charge is 0.191 e. The fourth-order valence-corrected chi connectivity index (χ4v) is 3.23. The van der Waals surface area contributed by atoms with Gasteiger partial charge in [0.2, 0.25) is 0 Å². The highest BCUT2D eigenvalue weighted by atomic mass is 127. The van der Waals surface area contributed by atoms with Gasteiger partial charge in [0, 0.05) is 19.1 Å². The highest BCUT2D eigenvalue weighted by Gasteiger charge is 2.22. The molecule has 1 fully saturated rings. The van der Waals surface area contributed by atoms with Crippen molar-refractivity contribution in [3.05, 3.63) is 35.9 Å². The third kappa shape index (κ3) is 7.50. The van der Waals surface area contributed by atoms with E-state index in [0.717, 1.165) is 31.2 Å². The first kappa shape index (κ1) is 22.2. The summed E-state index contributed by atoms with van der Waals surface area (Å²) in [4.78, 5) is 7.24. The maximum atomic E-state index is 10.2. The number of aliphatic hydroxyl groups is 1. The number of nitrogens with zero attached hydrogens (tertiary/aromatic N) is 2. The monoisotopic (exact) mass is 460 g/mol. The number of halogens is 1.